The van der Waals surface area contributed by atoms with E-state index in [1.165, 1.54) is 0 Å². The van der Waals surface area contributed by atoms with Crippen molar-refractivity contribution in [1.82, 2.24) is 0 Å². The van der Waals surface area contributed by atoms with E-state index in [4.69, 9.17) is 24.7 Å². The van der Waals surface area contributed by atoms with Gasteiger partial charge in [-0.25, -0.2) is 0 Å². The molecular formula is C8H18Sn. The Labute approximate surface area is 94.9 Å². The first-order chi connectivity index (χ1) is 11.2. The maximum atomic E-state index is 7.77. The summed E-state index contributed by atoms with van der Waals surface area (Å²) in [5.41, 5.74) is 0. The summed E-state index contributed by atoms with van der Waals surface area (Å²) in [6, 6.07) is 0. The summed E-state index contributed by atoms with van der Waals surface area (Å²) < 4.78 is 127. The van der Waals surface area contributed by atoms with Crippen molar-refractivity contribution in [2.24, 2.45) is 0 Å². The average Bonchev–Trinajstić information content (AvgIpc) is 2.33. The molecule has 0 saturated carbocycles. The van der Waals surface area contributed by atoms with Crippen LogP contribution in [-0.2, 0) is 0 Å². The summed E-state index contributed by atoms with van der Waals surface area (Å²) in [5.74, 6) is 0. The Bertz CT molecular complexity index is 489. The molecule has 0 fully saturated rings. The van der Waals surface area contributed by atoms with Crippen LogP contribution in [0, 0.1) is 0 Å². The van der Waals surface area contributed by atoms with Gasteiger partial charge in [-0.05, 0) is 0 Å². The van der Waals surface area contributed by atoms with Gasteiger partial charge in [-0.1, -0.05) is 0 Å². The molecule has 0 aliphatic heterocycles. The van der Waals surface area contributed by atoms with Gasteiger partial charge in [0.25, 0.3) is 0 Å². The van der Waals surface area contributed by atoms with Gasteiger partial charge in [-0.15, -0.1) is 0 Å². The maximum absolute atomic E-state index is 7.77. The molecule has 0 rings (SSSR count). The van der Waals surface area contributed by atoms with Crippen molar-refractivity contribution in [3.8, 4) is 0 Å². The van der Waals surface area contributed by atoms with Gasteiger partial charge in [-0.2, -0.15) is 0 Å². The minimum absolute atomic E-state index is 3.48. The van der Waals surface area contributed by atoms with E-state index in [-0.39, 0.29) is 0 Å². The second-order valence-corrected chi connectivity index (χ2v) is 3.02. The van der Waals surface area contributed by atoms with Crippen LogP contribution < -0.4 is 0 Å². The Morgan fingerprint density at radius 2 is 1.78 bits per heavy atom. The van der Waals surface area contributed by atoms with Crippen LogP contribution >= 0.6 is 0 Å². The van der Waals surface area contributed by atoms with Crippen LogP contribution in [0.25, 0.3) is 0 Å². The molecule has 0 atom stereocenters. The van der Waals surface area contributed by atoms with E-state index in [2.05, 4.69) is 0 Å². The summed E-state index contributed by atoms with van der Waals surface area (Å²) in [4.78, 5) is 0. The van der Waals surface area contributed by atoms with E-state index >= 15 is 0 Å². The molecule has 0 aliphatic rings. The SMILES string of the molecule is [2H]C([2H])([2H])C([2H])([2H])C([2H])([2H])[C]([2H])([2H])[Sn][C]([2H])([2H])C([2H])([2H])C([2H])([2H])C([2H])([2H])[2H]. The zero-order chi connectivity index (χ0) is 22.7. The minimum atomic E-state index is -3.85. The monoisotopic (exact) mass is 252 g/mol. The summed E-state index contributed by atoms with van der Waals surface area (Å²) in [6.07, 6.45) is -15.1. The first-order valence-electron chi connectivity index (χ1n) is 11.0. The van der Waals surface area contributed by atoms with Crippen molar-refractivity contribution in [2.45, 2.75) is 48.0 Å². The third-order valence-electron chi connectivity index (χ3n) is 0.375. The molecule has 0 heterocycles. The zero-order valence-corrected chi connectivity index (χ0v) is 7.35. The molecule has 0 aromatic heterocycles. The molecule has 9 heavy (non-hydrogen) atoms. The fourth-order valence-electron chi connectivity index (χ4n) is 0.156. The summed E-state index contributed by atoms with van der Waals surface area (Å²) in [5, 5.41) is 0. The summed E-state index contributed by atoms with van der Waals surface area (Å²) in [6.45, 7) is -7.25. The Morgan fingerprint density at radius 3 is 2.22 bits per heavy atom. The van der Waals surface area contributed by atoms with Crippen LogP contribution in [0.1, 0.15) is 63.9 Å². The Morgan fingerprint density at radius 1 is 1.22 bits per heavy atom. The van der Waals surface area contributed by atoms with Crippen LogP contribution in [0.5, 0.6) is 0 Å². The third kappa shape index (κ3) is 8.80. The molecule has 0 bridgehead atoms. The van der Waals surface area contributed by atoms with Gasteiger partial charge in [0.15, 0.2) is 0 Å². The molecule has 0 spiro atoms. The second kappa shape index (κ2) is 8.80. The molecule has 54 valence electrons. The van der Waals surface area contributed by atoms with E-state index in [0.717, 1.165) is 0 Å². The number of hydrogen-bond acceptors (Lipinski definition) is 0. The number of rotatable bonds is 6. The van der Waals surface area contributed by atoms with Crippen molar-refractivity contribution in [2.75, 3.05) is 0 Å². The third-order valence-corrected chi connectivity index (χ3v) is 1.80. The van der Waals surface area contributed by atoms with Gasteiger partial charge in [0.1, 0.15) is 0 Å². The van der Waals surface area contributed by atoms with Crippen LogP contribution in [0.15, 0.2) is 0 Å². The molecule has 0 saturated heterocycles. The van der Waals surface area contributed by atoms with E-state index in [0.29, 0.717) is 0 Å². The molecule has 0 nitrogen and oxygen atoms in total. The van der Waals surface area contributed by atoms with Crippen molar-refractivity contribution < 1.29 is 24.7 Å². The molecular weight excluding hydrogens is 215 g/mol. The second-order valence-electron chi connectivity index (χ2n) is 0.875. The quantitative estimate of drug-likeness (QED) is 0.636. The van der Waals surface area contributed by atoms with Gasteiger partial charge >= 0.3 is 93.8 Å². The standard InChI is InChI=1S/2C4H9.Sn/c2*1-3-4-2;/h2*1,3-4H2,2H3;/i2*1D2,2D3,3D2,4D2;. The fraction of sp³-hybridized carbons (Fsp3) is 1.00. The van der Waals surface area contributed by atoms with Crippen molar-refractivity contribution >= 4 is 21.1 Å². The van der Waals surface area contributed by atoms with Crippen LogP contribution in [0.3, 0.4) is 0 Å². The van der Waals surface area contributed by atoms with Crippen molar-refractivity contribution in [3.05, 3.63) is 0 Å². The van der Waals surface area contributed by atoms with Gasteiger partial charge in [0.2, 0.25) is 0 Å². The Kier molecular flexibility index (Phi) is 1.03. The van der Waals surface area contributed by atoms with E-state index in [9.17, 15) is 0 Å². The molecule has 0 aromatic rings. The van der Waals surface area contributed by atoms with Gasteiger partial charge in [-0.3, -0.25) is 0 Å². The summed E-state index contributed by atoms with van der Waals surface area (Å²) in [7, 11) is 0. The zero-order valence-electron chi connectivity index (χ0n) is 22.5. The molecule has 2 radical (unpaired) electrons. The Hall–Kier alpha value is 0.799. The van der Waals surface area contributed by atoms with E-state index < -0.39 is 69.1 Å². The van der Waals surface area contributed by atoms with Gasteiger partial charge in [0.05, 0.1) is 0 Å². The van der Waals surface area contributed by atoms with E-state index in [1.807, 2.05) is 0 Å². The normalized spacial score (nSPS) is 52.0. The average molecular weight is 251 g/mol. The summed E-state index contributed by atoms with van der Waals surface area (Å²) >= 11 is -3.85. The number of hydrogen-bond donors (Lipinski definition) is 0. The predicted molar refractivity (Wildman–Crippen MR) is 45.2 cm³/mol. The molecule has 0 aliphatic carbocycles. The van der Waals surface area contributed by atoms with Gasteiger partial charge in [0, 0.05) is 0 Å². The van der Waals surface area contributed by atoms with Crippen LogP contribution in [-0.4, -0.2) is 21.1 Å². The Balaban J connectivity index is 6.19. The molecule has 1 heteroatoms. The van der Waals surface area contributed by atoms with Crippen molar-refractivity contribution in [3.63, 3.8) is 0 Å². The van der Waals surface area contributed by atoms with Crippen LogP contribution in [0.2, 0.25) is 8.78 Å². The first-order valence-corrected chi connectivity index (χ1v) is 4.85. The van der Waals surface area contributed by atoms with Crippen LogP contribution in [0.4, 0.5) is 0 Å². The van der Waals surface area contributed by atoms with Gasteiger partial charge < -0.3 is 0 Å². The molecule has 0 N–H and O–H groups in total. The fourth-order valence-corrected chi connectivity index (χ4v) is 1.05. The predicted octanol–water partition coefficient (Wildman–Crippen LogP) is 3.13. The molecule has 0 aromatic carbocycles. The molecule has 0 unspecified atom stereocenters. The topological polar surface area (TPSA) is 0 Å². The van der Waals surface area contributed by atoms with Crippen molar-refractivity contribution in [1.29, 1.82) is 0 Å². The van der Waals surface area contributed by atoms with E-state index in [1.54, 1.807) is 0 Å². The molecule has 0 amide bonds. The first kappa shape index (κ1) is 1.06.